The summed E-state index contributed by atoms with van der Waals surface area (Å²) in [6, 6.07) is 9.32. The number of pyridine rings is 1. The first-order chi connectivity index (χ1) is 15.5. The second-order valence-electron chi connectivity index (χ2n) is 9.75. The van der Waals surface area contributed by atoms with Gasteiger partial charge < -0.3 is 10.2 Å². The highest BCUT2D eigenvalue weighted by molar-refractivity contribution is 5.72. The van der Waals surface area contributed by atoms with E-state index < -0.39 is 0 Å². The highest BCUT2D eigenvalue weighted by Crippen LogP contribution is 2.36. The van der Waals surface area contributed by atoms with Crippen molar-refractivity contribution in [1.29, 1.82) is 5.26 Å². The van der Waals surface area contributed by atoms with Crippen molar-refractivity contribution in [2.75, 3.05) is 44.2 Å². The standard InChI is InChI=1S/C27H33N5/c1-18-4-5-24-20(3)25(7-6-23(18)24)26-17-31(11-9-29-26)15-21-8-10-32(16-21)27-12-19(2)22(13-28)14-30-27/h6-7,12,14,21,26,29H,1,4-5,8-11,15-17H2,2-3H3/t21?,26-/m0/s1. The zero-order chi connectivity index (χ0) is 22.2. The fraction of sp³-hybridized carbons (Fsp3) is 0.481. The van der Waals surface area contributed by atoms with Crippen LogP contribution in [0.15, 0.2) is 31.0 Å². The average molecular weight is 428 g/mol. The maximum atomic E-state index is 9.16. The summed E-state index contributed by atoms with van der Waals surface area (Å²) >= 11 is 0. The predicted molar refractivity (Wildman–Crippen MR) is 130 cm³/mol. The number of rotatable bonds is 4. The van der Waals surface area contributed by atoms with Gasteiger partial charge in [-0.15, -0.1) is 0 Å². The molecule has 32 heavy (non-hydrogen) atoms. The molecule has 0 amide bonds. The number of piperazine rings is 1. The van der Waals surface area contributed by atoms with Crippen LogP contribution in [0.1, 0.15) is 52.3 Å². The normalized spacial score (nSPS) is 23.4. The van der Waals surface area contributed by atoms with E-state index in [1.807, 2.05) is 6.92 Å². The molecule has 5 heteroatoms. The number of nitriles is 1. The molecule has 2 aromatic rings. The number of aromatic nitrogens is 1. The van der Waals surface area contributed by atoms with Crippen LogP contribution in [-0.4, -0.2) is 49.2 Å². The zero-order valence-electron chi connectivity index (χ0n) is 19.3. The van der Waals surface area contributed by atoms with Crippen LogP contribution in [0.25, 0.3) is 5.57 Å². The summed E-state index contributed by atoms with van der Waals surface area (Å²) in [6.45, 7) is 15.0. The molecule has 1 unspecified atom stereocenters. The van der Waals surface area contributed by atoms with Gasteiger partial charge in [-0.05, 0) is 78.5 Å². The Morgan fingerprint density at radius 1 is 1.22 bits per heavy atom. The summed E-state index contributed by atoms with van der Waals surface area (Å²) in [5.74, 6) is 1.67. The van der Waals surface area contributed by atoms with Gasteiger partial charge in [-0.2, -0.15) is 5.26 Å². The maximum absolute atomic E-state index is 9.16. The Labute approximate surface area is 191 Å². The molecule has 3 aliphatic rings. The first-order valence-electron chi connectivity index (χ1n) is 11.9. The molecular weight excluding hydrogens is 394 g/mol. The molecule has 1 N–H and O–H groups in total. The Morgan fingerprint density at radius 2 is 2.09 bits per heavy atom. The number of nitrogens with one attached hydrogen (secondary N) is 1. The van der Waals surface area contributed by atoms with Crippen molar-refractivity contribution in [2.24, 2.45) is 5.92 Å². The van der Waals surface area contributed by atoms with Crippen LogP contribution in [0.2, 0.25) is 0 Å². The van der Waals surface area contributed by atoms with Gasteiger partial charge in [-0.25, -0.2) is 4.98 Å². The molecule has 0 radical (unpaired) electrons. The topological polar surface area (TPSA) is 55.2 Å². The zero-order valence-corrected chi connectivity index (χ0v) is 19.3. The van der Waals surface area contributed by atoms with Crippen molar-refractivity contribution in [3.8, 4) is 6.07 Å². The van der Waals surface area contributed by atoms with E-state index in [2.05, 4.69) is 57.9 Å². The Kier molecular flexibility index (Phi) is 5.75. The molecule has 5 nitrogen and oxygen atoms in total. The second-order valence-corrected chi connectivity index (χ2v) is 9.75. The van der Waals surface area contributed by atoms with Crippen LogP contribution in [0.4, 0.5) is 5.82 Å². The molecule has 2 fully saturated rings. The van der Waals surface area contributed by atoms with E-state index in [9.17, 15) is 0 Å². The van der Waals surface area contributed by atoms with E-state index in [0.29, 0.717) is 17.5 Å². The first kappa shape index (κ1) is 21.2. The molecule has 0 spiro atoms. The van der Waals surface area contributed by atoms with Crippen molar-refractivity contribution in [3.05, 3.63) is 64.4 Å². The lowest BCUT2D eigenvalue weighted by atomic mass is 9.92. The number of aryl methyl sites for hydroxylation is 1. The first-order valence-corrected chi connectivity index (χ1v) is 11.9. The molecule has 1 aliphatic carbocycles. The van der Waals surface area contributed by atoms with E-state index in [1.54, 1.807) is 6.20 Å². The number of anilines is 1. The smallest absolute Gasteiger partial charge is 0.128 e. The highest BCUT2D eigenvalue weighted by Gasteiger charge is 2.29. The van der Waals surface area contributed by atoms with E-state index in [1.165, 1.54) is 34.2 Å². The lowest BCUT2D eigenvalue weighted by Crippen LogP contribution is -2.47. The third-order valence-corrected chi connectivity index (χ3v) is 7.68. The van der Waals surface area contributed by atoms with Gasteiger partial charge in [0.2, 0.25) is 0 Å². The average Bonchev–Trinajstić information content (AvgIpc) is 3.41. The van der Waals surface area contributed by atoms with Gasteiger partial charge in [0.15, 0.2) is 0 Å². The minimum atomic E-state index is 0.406. The number of benzene rings is 1. The van der Waals surface area contributed by atoms with Gasteiger partial charge >= 0.3 is 0 Å². The van der Waals surface area contributed by atoms with Crippen LogP contribution in [0.5, 0.6) is 0 Å². The van der Waals surface area contributed by atoms with Crippen molar-refractivity contribution in [2.45, 2.75) is 39.2 Å². The number of allylic oxidation sites excluding steroid dienone is 1. The van der Waals surface area contributed by atoms with Crippen molar-refractivity contribution in [1.82, 2.24) is 15.2 Å². The Bertz CT molecular complexity index is 1080. The van der Waals surface area contributed by atoms with Gasteiger partial charge in [-0.3, -0.25) is 4.90 Å². The second kappa shape index (κ2) is 8.69. The lowest BCUT2D eigenvalue weighted by molar-refractivity contribution is 0.178. The van der Waals surface area contributed by atoms with E-state index >= 15 is 0 Å². The Morgan fingerprint density at radius 3 is 2.91 bits per heavy atom. The minimum Gasteiger partial charge on any atom is -0.356 e. The highest BCUT2D eigenvalue weighted by atomic mass is 15.2. The quantitative estimate of drug-likeness (QED) is 0.799. The summed E-state index contributed by atoms with van der Waals surface area (Å²) in [5, 5.41) is 12.9. The van der Waals surface area contributed by atoms with E-state index in [0.717, 1.165) is 63.5 Å². The van der Waals surface area contributed by atoms with Gasteiger partial charge in [-0.1, -0.05) is 18.7 Å². The molecule has 3 heterocycles. The number of nitrogens with zero attached hydrogens (tertiary/aromatic N) is 4. The molecule has 1 aromatic carbocycles. The fourth-order valence-corrected chi connectivity index (χ4v) is 5.79. The number of hydrogen-bond acceptors (Lipinski definition) is 5. The van der Waals surface area contributed by atoms with Crippen LogP contribution in [0, 0.1) is 31.1 Å². The maximum Gasteiger partial charge on any atom is 0.128 e. The summed E-state index contributed by atoms with van der Waals surface area (Å²) in [7, 11) is 0. The fourth-order valence-electron chi connectivity index (χ4n) is 5.79. The van der Waals surface area contributed by atoms with Crippen molar-refractivity contribution >= 4 is 11.4 Å². The molecule has 0 saturated carbocycles. The molecule has 2 atom stereocenters. The van der Waals surface area contributed by atoms with Gasteiger partial charge in [0.05, 0.1) is 5.56 Å². The third-order valence-electron chi connectivity index (χ3n) is 7.68. The summed E-state index contributed by atoms with van der Waals surface area (Å²) in [4.78, 5) is 9.58. The van der Waals surface area contributed by atoms with Gasteiger partial charge in [0.1, 0.15) is 11.9 Å². The molecule has 2 saturated heterocycles. The van der Waals surface area contributed by atoms with Gasteiger partial charge in [0.25, 0.3) is 0 Å². The van der Waals surface area contributed by atoms with E-state index in [-0.39, 0.29) is 0 Å². The molecule has 2 aliphatic heterocycles. The Balaban J connectivity index is 1.22. The molecule has 0 bridgehead atoms. The molecular formula is C27H33N5. The lowest BCUT2D eigenvalue weighted by Gasteiger charge is -2.36. The van der Waals surface area contributed by atoms with Crippen molar-refractivity contribution < 1.29 is 0 Å². The third kappa shape index (κ3) is 3.94. The van der Waals surface area contributed by atoms with Crippen LogP contribution in [0.3, 0.4) is 0 Å². The molecule has 5 rings (SSSR count). The summed E-state index contributed by atoms with van der Waals surface area (Å²) in [6.07, 6.45) is 5.17. The molecule has 166 valence electrons. The predicted octanol–water partition coefficient (Wildman–Crippen LogP) is 4.00. The van der Waals surface area contributed by atoms with E-state index in [4.69, 9.17) is 5.26 Å². The van der Waals surface area contributed by atoms with Crippen LogP contribution >= 0.6 is 0 Å². The number of hydrogen-bond donors (Lipinski definition) is 1. The minimum absolute atomic E-state index is 0.406. The van der Waals surface area contributed by atoms with Crippen molar-refractivity contribution in [3.63, 3.8) is 0 Å². The van der Waals surface area contributed by atoms with Gasteiger partial charge in [0, 0.05) is 51.5 Å². The number of fused-ring (bicyclic) bond motifs is 1. The summed E-state index contributed by atoms with van der Waals surface area (Å²) in [5.41, 5.74) is 8.82. The largest absolute Gasteiger partial charge is 0.356 e. The Hall–Kier alpha value is -2.68. The summed E-state index contributed by atoms with van der Waals surface area (Å²) < 4.78 is 0. The van der Waals surface area contributed by atoms with Crippen LogP contribution < -0.4 is 10.2 Å². The van der Waals surface area contributed by atoms with Crippen LogP contribution in [-0.2, 0) is 6.42 Å². The molecule has 1 aromatic heterocycles. The SMILES string of the molecule is C=C1CCc2c1ccc([C@@H]1CN(CC3CCN(c4cc(C)c(C#N)cn4)C3)CCN1)c2C. The monoisotopic (exact) mass is 427 g/mol.